The van der Waals surface area contributed by atoms with Crippen LogP contribution in [0.4, 0.5) is 0 Å². The fourth-order valence-electron chi connectivity index (χ4n) is 2.52. The van der Waals surface area contributed by atoms with Crippen LogP contribution in [0.2, 0.25) is 0 Å². The molecule has 0 atom stereocenters. The summed E-state index contributed by atoms with van der Waals surface area (Å²) >= 11 is 0. The molecule has 0 spiro atoms. The van der Waals surface area contributed by atoms with E-state index in [4.69, 9.17) is 20.5 Å². The van der Waals surface area contributed by atoms with Gasteiger partial charge in [0.2, 0.25) is 0 Å². The van der Waals surface area contributed by atoms with Gasteiger partial charge in [0.1, 0.15) is 12.1 Å². The second-order valence-corrected chi connectivity index (χ2v) is 6.69. The number of allylic oxidation sites excluding steroid dienone is 1. The number of aliphatic imine (C=N–C) groups is 1. The Balaban J connectivity index is 2.52. The third-order valence-electron chi connectivity index (χ3n) is 4.04. The minimum absolute atomic E-state index is 0.104. The van der Waals surface area contributed by atoms with Crippen molar-refractivity contribution in [3.63, 3.8) is 0 Å². The van der Waals surface area contributed by atoms with Crippen LogP contribution in [0.5, 0.6) is 11.5 Å². The van der Waals surface area contributed by atoms with E-state index in [1.165, 1.54) is 13.2 Å². The van der Waals surface area contributed by atoms with E-state index in [1.54, 1.807) is 43.1 Å². The van der Waals surface area contributed by atoms with Crippen LogP contribution in [0.15, 0.2) is 53.4 Å². The molecule has 0 radical (unpaired) electrons. The van der Waals surface area contributed by atoms with Gasteiger partial charge in [-0.3, -0.25) is 9.79 Å². The molecular weight excluding hydrogens is 396 g/mol. The van der Waals surface area contributed by atoms with E-state index in [0.717, 1.165) is 5.56 Å². The molecule has 9 nitrogen and oxygen atoms in total. The second-order valence-electron chi connectivity index (χ2n) is 6.69. The highest BCUT2D eigenvalue weighted by Gasteiger charge is 2.18. The van der Waals surface area contributed by atoms with Crippen molar-refractivity contribution in [3.8, 4) is 29.1 Å². The van der Waals surface area contributed by atoms with Gasteiger partial charge >= 0.3 is 0 Å². The zero-order valence-electron chi connectivity index (χ0n) is 17.9. The van der Waals surface area contributed by atoms with Crippen LogP contribution in [0.3, 0.4) is 0 Å². The van der Waals surface area contributed by atoms with E-state index in [1.807, 2.05) is 25.9 Å². The molecule has 0 unspecified atom stereocenters. The van der Waals surface area contributed by atoms with Gasteiger partial charge < -0.3 is 20.1 Å². The Morgan fingerprint density at radius 3 is 2.61 bits per heavy atom. The molecule has 1 aromatic heterocycles. The zero-order valence-corrected chi connectivity index (χ0v) is 17.9. The first-order chi connectivity index (χ1) is 14.9. The van der Waals surface area contributed by atoms with E-state index >= 15 is 0 Å². The van der Waals surface area contributed by atoms with E-state index in [0.29, 0.717) is 28.8 Å². The highest BCUT2D eigenvalue weighted by Crippen LogP contribution is 2.35. The van der Waals surface area contributed by atoms with E-state index < -0.39 is 0 Å². The summed E-state index contributed by atoms with van der Waals surface area (Å²) < 4.78 is 10.5. The summed E-state index contributed by atoms with van der Waals surface area (Å²) in [5, 5.41) is 9.08. The molecule has 2 N–H and O–H groups in total. The largest absolute Gasteiger partial charge is 0.493 e. The quantitative estimate of drug-likeness (QED) is 0.163. The van der Waals surface area contributed by atoms with Gasteiger partial charge in [0.05, 0.1) is 19.2 Å². The molecule has 0 saturated heterocycles. The number of carbonyl (C=O) groups is 1. The first-order valence-corrected chi connectivity index (χ1v) is 9.25. The van der Waals surface area contributed by atoms with Gasteiger partial charge in [-0.05, 0) is 48.5 Å². The lowest BCUT2D eigenvalue weighted by atomic mass is 10.1. The summed E-state index contributed by atoms with van der Waals surface area (Å²) in [6.45, 7) is 2.04. The molecule has 1 aromatic carbocycles. The van der Waals surface area contributed by atoms with Crippen molar-refractivity contribution in [1.29, 1.82) is 5.26 Å². The number of ether oxygens (including phenoxy) is 2. The molecule has 2 aromatic rings. The number of aromatic nitrogens is 2. The van der Waals surface area contributed by atoms with Gasteiger partial charge in [-0.1, -0.05) is 0 Å². The molecule has 31 heavy (non-hydrogen) atoms. The summed E-state index contributed by atoms with van der Waals surface area (Å²) in [6, 6.07) is 3.34. The number of aldehydes is 1. The molecule has 1 heterocycles. The topological polar surface area (TPSA) is 127 Å². The monoisotopic (exact) mass is 420 g/mol. The number of rotatable bonds is 9. The normalized spacial score (nSPS) is 11.8. The number of hydrogen-bond donors (Lipinski definition) is 1. The summed E-state index contributed by atoms with van der Waals surface area (Å²) in [4.78, 5) is 25.8. The van der Waals surface area contributed by atoms with Crippen LogP contribution in [0.1, 0.15) is 11.1 Å². The molecule has 9 heteroatoms. The molecule has 0 aliphatic rings. The van der Waals surface area contributed by atoms with Crippen LogP contribution in [0.25, 0.3) is 11.4 Å². The Bertz CT molecular complexity index is 1050. The predicted octanol–water partition coefficient (Wildman–Crippen LogP) is 2.23. The lowest BCUT2D eigenvalue weighted by Crippen LogP contribution is -2.16. The Hall–Kier alpha value is -4.19. The average Bonchev–Trinajstić information content (AvgIpc) is 2.76. The molecule has 0 bridgehead atoms. The van der Waals surface area contributed by atoms with Gasteiger partial charge in [0.25, 0.3) is 6.26 Å². The molecule has 0 amide bonds. The standard InChI is InChI=1S/C22H24N6O3/c1-15-11-26-22(27-12-15)17-9-18(20(31-14-23)19(10-17)30-4)21(24)25-13-16(6-8-29)5-7-28(2)3/h5-12H,13H2,1-4H3,(H2,24,25)/b7-5-,16-6+. The van der Waals surface area contributed by atoms with E-state index in [2.05, 4.69) is 15.0 Å². The SMILES string of the molecule is COc1cc(-c2ncc(C)cn2)cc(C(N)=NCC(/C=C\N(C)C)=C/C=O)c1OC#N. The minimum Gasteiger partial charge on any atom is -0.493 e. The van der Waals surface area contributed by atoms with E-state index in [-0.39, 0.29) is 23.9 Å². The number of hydrogen-bond acceptors (Lipinski definition) is 8. The Kier molecular flexibility index (Phi) is 8.28. The molecule has 0 saturated carbocycles. The third-order valence-corrected chi connectivity index (χ3v) is 4.04. The fraction of sp³-hybridized carbons (Fsp3) is 0.227. The van der Waals surface area contributed by atoms with Crippen molar-refractivity contribution in [1.82, 2.24) is 14.9 Å². The fourth-order valence-corrected chi connectivity index (χ4v) is 2.52. The van der Waals surface area contributed by atoms with Gasteiger partial charge in [-0.2, -0.15) is 0 Å². The second kappa shape index (κ2) is 11.1. The van der Waals surface area contributed by atoms with Crippen molar-refractivity contribution >= 4 is 12.1 Å². The highest BCUT2D eigenvalue weighted by molar-refractivity contribution is 6.02. The van der Waals surface area contributed by atoms with Crippen molar-refractivity contribution in [2.24, 2.45) is 10.7 Å². The zero-order chi connectivity index (χ0) is 22.8. The first-order valence-electron chi connectivity index (χ1n) is 9.25. The molecule has 160 valence electrons. The maximum absolute atomic E-state index is 10.9. The lowest BCUT2D eigenvalue weighted by Gasteiger charge is -2.13. The van der Waals surface area contributed by atoms with Crippen molar-refractivity contribution < 1.29 is 14.3 Å². The summed E-state index contributed by atoms with van der Waals surface area (Å²) in [5.41, 5.74) is 8.77. The number of amidine groups is 1. The molecule has 0 fully saturated rings. The Labute approximate surface area is 181 Å². The number of nitrogens with zero attached hydrogens (tertiary/aromatic N) is 5. The van der Waals surface area contributed by atoms with Gasteiger partial charge in [0, 0.05) is 32.1 Å². The number of nitriles is 1. The van der Waals surface area contributed by atoms with Crippen LogP contribution in [-0.4, -0.2) is 54.7 Å². The third kappa shape index (κ3) is 6.40. The highest BCUT2D eigenvalue weighted by atomic mass is 16.5. The maximum Gasteiger partial charge on any atom is 0.292 e. The molecule has 2 rings (SSSR count). The lowest BCUT2D eigenvalue weighted by molar-refractivity contribution is -0.104. The number of nitrogens with two attached hydrogens (primary N) is 1. The Morgan fingerprint density at radius 2 is 2.03 bits per heavy atom. The molecule has 0 aliphatic heterocycles. The summed E-state index contributed by atoms with van der Waals surface area (Å²) in [5.74, 6) is 0.976. The van der Waals surface area contributed by atoms with Gasteiger partial charge in [-0.25, -0.2) is 9.97 Å². The Morgan fingerprint density at radius 1 is 1.32 bits per heavy atom. The van der Waals surface area contributed by atoms with Gasteiger partial charge in [0.15, 0.2) is 17.3 Å². The first kappa shape index (κ1) is 23.1. The number of aryl methyl sites for hydroxylation is 1. The summed E-state index contributed by atoms with van der Waals surface area (Å²) in [7, 11) is 5.18. The average molecular weight is 420 g/mol. The van der Waals surface area contributed by atoms with Crippen LogP contribution in [-0.2, 0) is 4.79 Å². The maximum atomic E-state index is 10.9. The van der Waals surface area contributed by atoms with Gasteiger partial charge in [-0.15, -0.1) is 5.26 Å². The van der Waals surface area contributed by atoms with Crippen LogP contribution >= 0.6 is 0 Å². The van der Waals surface area contributed by atoms with Crippen molar-refractivity contribution in [3.05, 3.63) is 59.6 Å². The van der Waals surface area contributed by atoms with Crippen LogP contribution in [0, 0.1) is 18.4 Å². The molecular formula is C22H24N6O3. The number of benzene rings is 1. The number of carbonyl (C=O) groups excluding carboxylic acids is 1. The predicted molar refractivity (Wildman–Crippen MR) is 118 cm³/mol. The van der Waals surface area contributed by atoms with E-state index in [9.17, 15) is 4.79 Å². The van der Waals surface area contributed by atoms with Crippen LogP contribution < -0.4 is 15.2 Å². The van der Waals surface area contributed by atoms with Crippen molar-refractivity contribution in [2.75, 3.05) is 27.7 Å². The van der Waals surface area contributed by atoms with Crippen molar-refractivity contribution in [2.45, 2.75) is 6.92 Å². The minimum atomic E-state index is 0.104. The smallest absolute Gasteiger partial charge is 0.292 e. The molecule has 0 aliphatic carbocycles. The summed E-state index contributed by atoms with van der Waals surface area (Å²) in [6.07, 6.45) is 10.7. The number of methoxy groups -OCH3 is 1.